The van der Waals surface area contributed by atoms with Crippen molar-refractivity contribution in [2.45, 2.75) is 26.4 Å². The van der Waals surface area contributed by atoms with E-state index in [1.807, 2.05) is 61.5 Å². The quantitative estimate of drug-likeness (QED) is 0.334. The molecule has 1 aliphatic rings. The number of hydrogen-bond donors (Lipinski definition) is 0. The third-order valence-electron chi connectivity index (χ3n) is 6.42. The Hall–Kier alpha value is -2.94. The van der Waals surface area contributed by atoms with E-state index in [0.717, 1.165) is 60.8 Å². The number of aryl methyl sites for hydroxylation is 1. The van der Waals surface area contributed by atoms with Crippen LogP contribution in [0.1, 0.15) is 33.9 Å². The summed E-state index contributed by atoms with van der Waals surface area (Å²) in [4.78, 5) is 33.0. The molecule has 0 aliphatic carbocycles. The number of furan rings is 1. The van der Waals surface area contributed by atoms with Crippen LogP contribution in [-0.2, 0) is 22.6 Å². The standard InChI is InChI=1S/C29H34BrN3O4/c1-23-8-13-27(37-23)21-33(20-24-6-3-2-4-7-24)28(34)22-32(15-5-14-31-16-18-36-19-17-31)29(35)25-9-11-26(30)12-10-25/h2-4,6-13H,5,14-22H2,1H3. The number of ether oxygens (including phenoxy) is 1. The van der Waals surface area contributed by atoms with Crippen LogP contribution in [0, 0.1) is 6.92 Å². The van der Waals surface area contributed by atoms with Gasteiger partial charge in [0.1, 0.15) is 18.1 Å². The Kier molecular flexibility index (Phi) is 9.93. The van der Waals surface area contributed by atoms with Crippen LogP contribution in [0.15, 0.2) is 75.6 Å². The van der Waals surface area contributed by atoms with Crippen molar-refractivity contribution in [3.05, 3.63) is 93.9 Å². The highest BCUT2D eigenvalue weighted by molar-refractivity contribution is 9.10. The zero-order chi connectivity index (χ0) is 26.0. The van der Waals surface area contributed by atoms with Gasteiger partial charge in [0.2, 0.25) is 5.91 Å². The first-order chi connectivity index (χ1) is 18.0. The van der Waals surface area contributed by atoms with Gasteiger partial charge in [0.25, 0.3) is 5.91 Å². The molecule has 0 atom stereocenters. The van der Waals surface area contributed by atoms with Gasteiger partial charge in [-0.05, 0) is 55.3 Å². The molecule has 4 rings (SSSR count). The Bertz CT molecular complexity index is 1140. The molecule has 0 spiro atoms. The summed E-state index contributed by atoms with van der Waals surface area (Å²) in [5.41, 5.74) is 1.59. The molecule has 3 aromatic rings. The van der Waals surface area contributed by atoms with E-state index in [9.17, 15) is 9.59 Å². The van der Waals surface area contributed by atoms with Gasteiger partial charge in [-0.2, -0.15) is 0 Å². The highest BCUT2D eigenvalue weighted by atomic mass is 79.9. The lowest BCUT2D eigenvalue weighted by atomic mass is 10.1. The summed E-state index contributed by atoms with van der Waals surface area (Å²) in [5, 5.41) is 0. The van der Waals surface area contributed by atoms with Crippen LogP contribution >= 0.6 is 15.9 Å². The van der Waals surface area contributed by atoms with Gasteiger partial charge < -0.3 is 19.0 Å². The van der Waals surface area contributed by atoms with Crippen molar-refractivity contribution in [1.82, 2.24) is 14.7 Å². The lowest BCUT2D eigenvalue weighted by Crippen LogP contribution is -2.44. The van der Waals surface area contributed by atoms with Crippen LogP contribution in [0.25, 0.3) is 0 Å². The van der Waals surface area contributed by atoms with Crippen LogP contribution in [0.3, 0.4) is 0 Å². The van der Waals surface area contributed by atoms with Crippen LogP contribution in [-0.4, -0.2) is 72.5 Å². The minimum absolute atomic E-state index is 0.00450. The van der Waals surface area contributed by atoms with Crippen LogP contribution in [0.5, 0.6) is 0 Å². The predicted molar refractivity (Wildman–Crippen MR) is 146 cm³/mol. The molecule has 2 aromatic carbocycles. The highest BCUT2D eigenvalue weighted by Crippen LogP contribution is 2.16. The molecule has 37 heavy (non-hydrogen) atoms. The summed E-state index contributed by atoms with van der Waals surface area (Å²) in [6, 6.07) is 21.0. The monoisotopic (exact) mass is 567 g/mol. The summed E-state index contributed by atoms with van der Waals surface area (Å²) < 4.78 is 12.1. The molecule has 1 aromatic heterocycles. The van der Waals surface area contributed by atoms with E-state index >= 15 is 0 Å². The number of carbonyl (C=O) groups excluding carboxylic acids is 2. The number of amides is 2. The maximum absolute atomic E-state index is 13.7. The second-order valence-corrected chi connectivity index (χ2v) is 10.2. The van der Waals surface area contributed by atoms with E-state index in [-0.39, 0.29) is 18.4 Å². The maximum atomic E-state index is 13.7. The van der Waals surface area contributed by atoms with E-state index in [4.69, 9.17) is 9.15 Å². The molecule has 0 bridgehead atoms. The van der Waals surface area contributed by atoms with Crippen molar-refractivity contribution < 1.29 is 18.7 Å². The average molecular weight is 569 g/mol. The topological polar surface area (TPSA) is 66.2 Å². The smallest absolute Gasteiger partial charge is 0.254 e. The molecule has 8 heteroatoms. The molecule has 7 nitrogen and oxygen atoms in total. The lowest BCUT2D eigenvalue weighted by molar-refractivity contribution is -0.133. The fraction of sp³-hybridized carbons (Fsp3) is 0.379. The Morgan fingerprint density at radius 3 is 2.32 bits per heavy atom. The van der Waals surface area contributed by atoms with Crippen LogP contribution < -0.4 is 0 Å². The molecule has 1 aliphatic heterocycles. The summed E-state index contributed by atoms with van der Waals surface area (Å²) in [6.07, 6.45) is 0.783. The van der Waals surface area contributed by atoms with Gasteiger partial charge in [-0.25, -0.2) is 0 Å². The maximum Gasteiger partial charge on any atom is 0.254 e. The Labute approximate surface area is 227 Å². The normalized spacial score (nSPS) is 13.9. The van der Waals surface area contributed by atoms with Crippen LogP contribution in [0.4, 0.5) is 0 Å². The number of morpholine rings is 1. The van der Waals surface area contributed by atoms with E-state index in [2.05, 4.69) is 20.8 Å². The number of rotatable bonds is 11. The molecule has 0 unspecified atom stereocenters. The van der Waals surface area contributed by atoms with E-state index in [1.54, 1.807) is 21.9 Å². The van der Waals surface area contributed by atoms with Crippen molar-refractivity contribution >= 4 is 27.7 Å². The number of nitrogens with zero attached hydrogens (tertiary/aromatic N) is 3. The van der Waals surface area contributed by atoms with Gasteiger partial charge in [-0.3, -0.25) is 14.5 Å². The summed E-state index contributed by atoms with van der Waals surface area (Å²) in [5.74, 6) is 1.27. The Balaban J connectivity index is 1.49. The molecule has 2 heterocycles. The first kappa shape index (κ1) is 27.1. The SMILES string of the molecule is Cc1ccc(CN(Cc2ccccc2)C(=O)CN(CCCN2CCOCC2)C(=O)c2ccc(Br)cc2)o1. The van der Waals surface area contributed by atoms with E-state index < -0.39 is 0 Å². The molecule has 0 radical (unpaired) electrons. The van der Waals surface area contributed by atoms with Crippen molar-refractivity contribution in [3.63, 3.8) is 0 Å². The van der Waals surface area contributed by atoms with Gasteiger partial charge in [0, 0.05) is 42.8 Å². The largest absolute Gasteiger partial charge is 0.464 e. The Morgan fingerprint density at radius 1 is 0.919 bits per heavy atom. The fourth-order valence-corrected chi connectivity index (χ4v) is 4.66. The molecular formula is C29H34BrN3O4. The first-order valence-electron chi connectivity index (χ1n) is 12.7. The van der Waals surface area contributed by atoms with Crippen molar-refractivity contribution in [2.24, 2.45) is 0 Å². The Morgan fingerprint density at radius 2 is 1.65 bits per heavy atom. The van der Waals surface area contributed by atoms with Gasteiger partial charge >= 0.3 is 0 Å². The second-order valence-electron chi connectivity index (χ2n) is 9.29. The molecule has 196 valence electrons. The van der Waals surface area contributed by atoms with Gasteiger partial charge in [-0.15, -0.1) is 0 Å². The van der Waals surface area contributed by atoms with Crippen molar-refractivity contribution in [2.75, 3.05) is 45.9 Å². The molecular weight excluding hydrogens is 534 g/mol. The molecule has 0 N–H and O–H groups in total. The first-order valence-corrected chi connectivity index (χ1v) is 13.5. The molecule has 1 saturated heterocycles. The number of carbonyl (C=O) groups is 2. The van der Waals surface area contributed by atoms with Crippen molar-refractivity contribution in [3.8, 4) is 0 Å². The average Bonchev–Trinajstić information content (AvgIpc) is 3.33. The zero-order valence-electron chi connectivity index (χ0n) is 21.3. The van der Waals surface area contributed by atoms with Gasteiger partial charge in [-0.1, -0.05) is 46.3 Å². The predicted octanol–water partition coefficient (Wildman–Crippen LogP) is 4.74. The van der Waals surface area contributed by atoms with Gasteiger partial charge in [0.05, 0.1) is 19.8 Å². The number of benzene rings is 2. The van der Waals surface area contributed by atoms with E-state index in [0.29, 0.717) is 25.2 Å². The van der Waals surface area contributed by atoms with Gasteiger partial charge in [0.15, 0.2) is 0 Å². The van der Waals surface area contributed by atoms with Crippen LogP contribution in [0.2, 0.25) is 0 Å². The molecule has 0 saturated carbocycles. The molecule has 1 fully saturated rings. The zero-order valence-corrected chi connectivity index (χ0v) is 22.9. The fourth-order valence-electron chi connectivity index (χ4n) is 4.39. The molecule has 2 amide bonds. The third-order valence-corrected chi connectivity index (χ3v) is 6.95. The second kappa shape index (κ2) is 13.6. The van der Waals surface area contributed by atoms with E-state index in [1.165, 1.54) is 0 Å². The third kappa shape index (κ3) is 8.28. The lowest BCUT2D eigenvalue weighted by Gasteiger charge is -2.30. The summed E-state index contributed by atoms with van der Waals surface area (Å²) in [6.45, 7) is 7.30. The number of halogens is 1. The summed E-state index contributed by atoms with van der Waals surface area (Å²) in [7, 11) is 0. The minimum Gasteiger partial charge on any atom is -0.464 e. The van der Waals surface area contributed by atoms with Crippen molar-refractivity contribution in [1.29, 1.82) is 0 Å². The minimum atomic E-state index is -0.142. The summed E-state index contributed by atoms with van der Waals surface area (Å²) >= 11 is 3.43. The highest BCUT2D eigenvalue weighted by Gasteiger charge is 2.24. The number of hydrogen-bond acceptors (Lipinski definition) is 5.